The Kier molecular flexibility index (Phi) is 7.94. The Labute approximate surface area is 318 Å². The van der Waals surface area contributed by atoms with Crippen molar-refractivity contribution < 1.29 is 13.6 Å². The summed E-state index contributed by atoms with van der Waals surface area (Å²) in [6.07, 6.45) is 11.3. The minimum Gasteiger partial charge on any atom is -0.437 e. The Morgan fingerprint density at radius 2 is 1.52 bits per heavy atom. The highest BCUT2D eigenvalue weighted by Crippen LogP contribution is 2.46. The number of allylic oxidation sites excluding steroid dienone is 1. The van der Waals surface area contributed by atoms with Crippen LogP contribution in [0.5, 0.6) is 0 Å². The van der Waals surface area contributed by atoms with Crippen molar-refractivity contribution in [3.63, 3.8) is 0 Å². The van der Waals surface area contributed by atoms with Gasteiger partial charge in [0.2, 0.25) is 17.1 Å². The average molecular weight is 708 g/mol. The maximum atomic E-state index is 6.98. The van der Waals surface area contributed by atoms with Gasteiger partial charge in [-0.2, -0.15) is 9.13 Å². The Morgan fingerprint density at radius 3 is 2.35 bits per heavy atom. The van der Waals surface area contributed by atoms with E-state index in [9.17, 15) is 0 Å². The first-order valence-electron chi connectivity index (χ1n) is 20.1. The largest absolute Gasteiger partial charge is 0.437 e. The second kappa shape index (κ2) is 12.9. The topological polar surface area (TPSA) is 33.8 Å². The zero-order chi connectivity index (χ0) is 36.7. The lowest BCUT2D eigenvalue weighted by Crippen LogP contribution is -2.48. The minimum absolute atomic E-state index is 0.291. The predicted molar refractivity (Wildman–Crippen MR) is 219 cm³/mol. The van der Waals surface area contributed by atoms with Gasteiger partial charge < -0.3 is 4.42 Å². The van der Waals surface area contributed by atoms with Gasteiger partial charge in [0.1, 0.15) is 0 Å². The number of rotatable bonds is 2. The number of furan rings is 1. The number of nitrogens with zero attached hydrogens (tertiary/aromatic N) is 3. The smallest absolute Gasteiger partial charge is 0.227 e. The van der Waals surface area contributed by atoms with Crippen LogP contribution in [0.2, 0.25) is 0 Å². The highest BCUT2D eigenvalue weighted by molar-refractivity contribution is 6.09. The first-order valence-corrected chi connectivity index (χ1v) is 20.1. The summed E-state index contributed by atoms with van der Waals surface area (Å²) in [5.41, 5.74) is 16.5. The third-order valence-corrected chi connectivity index (χ3v) is 13.1. The van der Waals surface area contributed by atoms with E-state index in [-0.39, 0.29) is 0 Å². The van der Waals surface area contributed by atoms with Crippen molar-refractivity contribution in [2.24, 2.45) is 11.8 Å². The van der Waals surface area contributed by atoms with E-state index in [1.807, 2.05) is 0 Å². The van der Waals surface area contributed by atoms with Crippen molar-refractivity contribution in [2.75, 3.05) is 0 Å². The molecule has 0 amide bonds. The summed E-state index contributed by atoms with van der Waals surface area (Å²) in [6, 6.07) is 36.3. The van der Waals surface area contributed by atoms with E-state index >= 15 is 0 Å². The second-order valence-corrected chi connectivity index (χ2v) is 16.8. The quantitative estimate of drug-likeness (QED) is 0.168. The van der Waals surface area contributed by atoms with Gasteiger partial charge in [-0.25, -0.2) is 4.98 Å². The molecule has 4 heteroatoms. The molecule has 4 atom stereocenters. The number of pyridine rings is 3. The van der Waals surface area contributed by atoms with E-state index < -0.39 is 0 Å². The van der Waals surface area contributed by atoms with E-state index in [2.05, 4.69) is 146 Å². The van der Waals surface area contributed by atoms with Crippen molar-refractivity contribution in [2.45, 2.75) is 84.1 Å². The Bertz CT molecular complexity index is 2600. The third-order valence-electron chi connectivity index (χ3n) is 13.1. The average Bonchev–Trinajstić information content (AvgIpc) is 3.54. The van der Waals surface area contributed by atoms with Crippen LogP contribution >= 0.6 is 0 Å². The maximum absolute atomic E-state index is 6.98. The molecule has 0 N–H and O–H groups in total. The summed E-state index contributed by atoms with van der Waals surface area (Å²) < 4.78 is 12.0. The number of hydrogen-bond acceptors (Lipinski definition) is 2. The van der Waals surface area contributed by atoms with Gasteiger partial charge in [0.15, 0.2) is 29.7 Å². The standard InChI is InChI=1S/C50H49N3O/c1-30-25-31(2)27-37(26-30)36-18-23-46-48-35(16-19-40-41-20-21-43(51-50(41)54-49(40)48)47-32(3)11-10-12-33(47)4)17-22-45-42(28-34(5)53(46)29-36)38-13-6-7-14-39(38)44-15-8-9-24-52(44)45/h6-16,18-21,23-24,29-31,37,42,45H,5,17,22,25-28H2,1-4H3/q+2. The van der Waals surface area contributed by atoms with Crippen molar-refractivity contribution >= 4 is 27.8 Å². The zero-order valence-electron chi connectivity index (χ0n) is 32.0. The van der Waals surface area contributed by atoms with Crippen LogP contribution in [0, 0.1) is 25.7 Å². The summed E-state index contributed by atoms with van der Waals surface area (Å²) >= 11 is 0. The highest BCUT2D eigenvalue weighted by atomic mass is 16.3. The van der Waals surface area contributed by atoms with Crippen molar-refractivity contribution in [1.82, 2.24) is 4.98 Å². The molecule has 0 radical (unpaired) electrons. The lowest BCUT2D eigenvalue weighted by molar-refractivity contribution is -0.719. The summed E-state index contributed by atoms with van der Waals surface area (Å²) in [7, 11) is 0. The van der Waals surface area contributed by atoms with E-state index in [0.29, 0.717) is 23.6 Å². The van der Waals surface area contributed by atoms with E-state index in [4.69, 9.17) is 16.0 Å². The second-order valence-electron chi connectivity index (χ2n) is 16.8. The molecule has 2 aliphatic heterocycles. The summed E-state index contributed by atoms with van der Waals surface area (Å²) in [4.78, 5) is 5.20. The lowest BCUT2D eigenvalue weighted by atomic mass is 9.74. The molecule has 6 heterocycles. The Balaban J connectivity index is 1.19. The predicted octanol–water partition coefficient (Wildman–Crippen LogP) is 11.9. The number of hydrogen-bond donors (Lipinski definition) is 0. The van der Waals surface area contributed by atoms with Crippen LogP contribution in [0.4, 0.5) is 0 Å². The van der Waals surface area contributed by atoms with Crippen LogP contribution in [0.3, 0.4) is 0 Å². The van der Waals surface area contributed by atoms with Crippen LogP contribution < -0.4 is 9.13 Å². The molecule has 4 nitrogen and oxygen atoms in total. The molecule has 1 fully saturated rings. The molecule has 4 aromatic heterocycles. The Morgan fingerprint density at radius 1 is 0.741 bits per heavy atom. The van der Waals surface area contributed by atoms with Gasteiger partial charge >= 0.3 is 0 Å². The Hall–Kier alpha value is -5.35. The molecule has 0 spiro atoms. The summed E-state index contributed by atoms with van der Waals surface area (Å²) in [5, 5.41) is 2.17. The van der Waals surface area contributed by atoms with Gasteiger partial charge in [0.25, 0.3) is 0 Å². The number of benzene rings is 3. The van der Waals surface area contributed by atoms with E-state index in [1.165, 1.54) is 69.5 Å². The fourth-order valence-electron chi connectivity index (χ4n) is 10.7. The van der Waals surface area contributed by atoms with Crippen LogP contribution in [0.1, 0.15) is 91.6 Å². The van der Waals surface area contributed by atoms with Crippen molar-refractivity contribution in [1.29, 1.82) is 0 Å². The fraction of sp³-hybridized carbons (Fsp3) is 0.300. The molecule has 10 rings (SSSR count). The van der Waals surface area contributed by atoms with Gasteiger partial charge in [0, 0.05) is 58.5 Å². The molecule has 0 bridgehead atoms. The molecular formula is C50H49N3O+2. The van der Waals surface area contributed by atoms with Crippen molar-refractivity contribution in [3.8, 4) is 33.8 Å². The van der Waals surface area contributed by atoms with Gasteiger partial charge in [-0.15, -0.1) is 0 Å². The van der Waals surface area contributed by atoms with Gasteiger partial charge in [0.05, 0.1) is 17.2 Å². The van der Waals surface area contributed by atoms with Crippen LogP contribution in [-0.2, 0) is 6.42 Å². The molecule has 1 saturated carbocycles. The summed E-state index contributed by atoms with van der Waals surface area (Å²) in [6.45, 7) is 14.1. The first-order chi connectivity index (χ1) is 26.3. The number of aromatic nitrogens is 3. The molecule has 1 aliphatic carbocycles. The van der Waals surface area contributed by atoms with Gasteiger partial charge in [-0.3, -0.25) is 0 Å². The molecule has 54 heavy (non-hydrogen) atoms. The molecule has 3 aliphatic rings. The van der Waals surface area contributed by atoms with Gasteiger partial charge in [-0.05, 0) is 116 Å². The first kappa shape index (κ1) is 33.2. The maximum Gasteiger partial charge on any atom is 0.227 e. The highest BCUT2D eigenvalue weighted by Gasteiger charge is 2.42. The monoisotopic (exact) mass is 707 g/mol. The number of aryl methyl sites for hydroxylation is 3. The SMILES string of the molecule is C=C1CC2c3ccccc3-c3cccc[n+]3C2CCc2ccc3c(oc4nc(-c5c(C)cccc5C)ccc43)c2-c2ccc(C3CC(C)CC(C)C3)c[n+]21. The summed E-state index contributed by atoms with van der Waals surface area (Å²) in [5.74, 6) is 2.31. The van der Waals surface area contributed by atoms with Gasteiger partial charge in [-0.1, -0.05) is 62.4 Å². The van der Waals surface area contributed by atoms with E-state index in [0.717, 1.165) is 64.5 Å². The van der Waals surface area contributed by atoms with Crippen molar-refractivity contribution in [3.05, 3.63) is 144 Å². The normalized spacial score (nSPS) is 22.2. The molecule has 268 valence electrons. The molecule has 3 aromatic carbocycles. The number of fused-ring (bicyclic) bond motifs is 13. The molecule has 0 saturated heterocycles. The van der Waals surface area contributed by atoms with E-state index in [1.54, 1.807) is 0 Å². The van der Waals surface area contributed by atoms with Crippen LogP contribution in [-0.4, -0.2) is 4.98 Å². The minimum atomic E-state index is 0.291. The fourth-order valence-corrected chi connectivity index (χ4v) is 10.7. The molecule has 4 unspecified atom stereocenters. The molecule has 7 aromatic rings. The van der Waals surface area contributed by atoms with Crippen LogP contribution in [0.15, 0.2) is 120 Å². The zero-order valence-corrected chi connectivity index (χ0v) is 32.0. The molecular weight excluding hydrogens is 659 g/mol. The lowest BCUT2D eigenvalue weighted by Gasteiger charge is -2.32. The third kappa shape index (κ3) is 5.36. The van der Waals surface area contributed by atoms with Crippen LogP contribution in [0.25, 0.3) is 61.5 Å².